The summed E-state index contributed by atoms with van der Waals surface area (Å²) in [5, 5.41) is 2.84. The van der Waals surface area contributed by atoms with Crippen LogP contribution in [0, 0.1) is 18.6 Å². The van der Waals surface area contributed by atoms with E-state index in [2.05, 4.69) is 5.32 Å². The quantitative estimate of drug-likeness (QED) is 0.286. The van der Waals surface area contributed by atoms with Crippen LogP contribution in [0.4, 0.5) is 14.5 Å². The van der Waals surface area contributed by atoms with Crippen molar-refractivity contribution in [2.45, 2.75) is 57.5 Å². The Kier molecular flexibility index (Phi) is 10.8. The van der Waals surface area contributed by atoms with Gasteiger partial charge in [0.1, 0.15) is 24.2 Å². The highest BCUT2D eigenvalue weighted by Gasteiger charge is 2.34. The third kappa shape index (κ3) is 7.65. The molecule has 0 aliphatic heterocycles. The molecule has 2 amide bonds. The van der Waals surface area contributed by atoms with Gasteiger partial charge in [0.15, 0.2) is 0 Å². The maximum atomic E-state index is 15.0. The van der Waals surface area contributed by atoms with Crippen molar-refractivity contribution in [1.29, 1.82) is 0 Å². The van der Waals surface area contributed by atoms with Gasteiger partial charge < -0.3 is 10.2 Å². The van der Waals surface area contributed by atoms with Gasteiger partial charge in [-0.2, -0.15) is 0 Å². The van der Waals surface area contributed by atoms with Gasteiger partial charge in [-0.3, -0.25) is 13.9 Å². The summed E-state index contributed by atoms with van der Waals surface area (Å²) >= 11 is 0. The van der Waals surface area contributed by atoms with E-state index >= 15 is 0 Å². The number of carbonyl (C=O) groups is 2. The molecule has 0 saturated carbocycles. The molecule has 3 rings (SSSR count). The lowest BCUT2D eigenvalue weighted by Gasteiger charge is -2.33. The molecule has 0 aliphatic rings. The van der Waals surface area contributed by atoms with Crippen LogP contribution in [0.1, 0.15) is 44.2 Å². The Labute approximate surface area is 234 Å². The van der Waals surface area contributed by atoms with Crippen molar-refractivity contribution in [1.82, 2.24) is 10.2 Å². The Morgan fingerprint density at radius 1 is 0.925 bits per heavy atom. The van der Waals surface area contributed by atoms with E-state index in [0.717, 1.165) is 28.8 Å². The number of nitrogens with one attached hydrogen (secondary N) is 1. The summed E-state index contributed by atoms with van der Waals surface area (Å²) in [5.41, 5.74) is 1.09. The van der Waals surface area contributed by atoms with Crippen LogP contribution in [0.3, 0.4) is 0 Å². The van der Waals surface area contributed by atoms with Crippen LogP contribution in [0.5, 0.6) is 0 Å². The zero-order chi connectivity index (χ0) is 29.3. The normalized spacial score (nSPS) is 12.0. The van der Waals surface area contributed by atoms with Crippen molar-refractivity contribution in [3.05, 3.63) is 95.6 Å². The van der Waals surface area contributed by atoms with Gasteiger partial charge in [0.25, 0.3) is 10.0 Å². The van der Waals surface area contributed by atoms with E-state index in [1.54, 1.807) is 26.0 Å². The minimum Gasteiger partial charge on any atom is -0.354 e. The van der Waals surface area contributed by atoms with Crippen LogP contribution >= 0.6 is 0 Å². The van der Waals surface area contributed by atoms with Crippen LogP contribution in [0.2, 0.25) is 0 Å². The van der Waals surface area contributed by atoms with Crippen molar-refractivity contribution >= 4 is 27.5 Å². The number of hydrogen-bond acceptors (Lipinski definition) is 4. The monoisotopic (exact) mass is 571 g/mol. The van der Waals surface area contributed by atoms with Gasteiger partial charge in [0.2, 0.25) is 11.8 Å². The van der Waals surface area contributed by atoms with E-state index in [0.29, 0.717) is 12.1 Å². The maximum Gasteiger partial charge on any atom is 0.264 e. The number of halogens is 2. The lowest BCUT2D eigenvalue weighted by Crippen LogP contribution is -2.52. The average Bonchev–Trinajstić information content (AvgIpc) is 2.93. The first-order valence-corrected chi connectivity index (χ1v) is 14.7. The molecule has 0 radical (unpaired) electrons. The predicted molar refractivity (Wildman–Crippen MR) is 151 cm³/mol. The number of hydrogen-bond donors (Lipinski definition) is 1. The highest BCUT2D eigenvalue weighted by atomic mass is 32.2. The second-order valence-electron chi connectivity index (χ2n) is 9.49. The minimum atomic E-state index is -4.37. The number of nitrogens with zero attached hydrogens (tertiary/aromatic N) is 2. The Hall–Kier alpha value is -3.79. The summed E-state index contributed by atoms with van der Waals surface area (Å²) in [6.45, 7) is 5.13. The van der Waals surface area contributed by atoms with E-state index in [1.807, 2.05) is 6.92 Å². The molecule has 0 spiro atoms. The topological polar surface area (TPSA) is 86.8 Å². The Morgan fingerprint density at radius 3 is 2.17 bits per heavy atom. The van der Waals surface area contributed by atoms with Gasteiger partial charge >= 0.3 is 0 Å². The second kappa shape index (κ2) is 14.0. The molecular weight excluding hydrogens is 536 g/mol. The van der Waals surface area contributed by atoms with Gasteiger partial charge in [-0.15, -0.1) is 0 Å². The molecule has 0 unspecified atom stereocenters. The van der Waals surface area contributed by atoms with E-state index in [9.17, 15) is 26.8 Å². The molecule has 3 aromatic carbocycles. The summed E-state index contributed by atoms with van der Waals surface area (Å²) in [6.07, 6.45) is 1.86. The first-order chi connectivity index (χ1) is 19.1. The molecular formula is C30H35F2N3O4S. The highest BCUT2D eigenvalue weighted by molar-refractivity contribution is 7.92. The summed E-state index contributed by atoms with van der Waals surface area (Å²) in [4.78, 5) is 28.2. The summed E-state index contributed by atoms with van der Waals surface area (Å²) < 4.78 is 56.8. The van der Waals surface area contributed by atoms with Crippen molar-refractivity contribution < 1.29 is 26.8 Å². The fourth-order valence-electron chi connectivity index (χ4n) is 4.22. The lowest BCUT2D eigenvalue weighted by atomic mass is 10.1. The summed E-state index contributed by atoms with van der Waals surface area (Å²) in [5.74, 6) is -2.37. The molecule has 3 aromatic rings. The zero-order valence-corrected chi connectivity index (χ0v) is 23.8. The number of unbranched alkanes of at least 4 members (excludes halogenated alkanes) is 1. The van der Waals surface area contributed by atoms with Crippen LogP contribution < -0.4 is 9.62 Å². The number of anilines is 1. The van der Waals surface area contributed by atoms with E-state index in [-0.39, 0.29) is 29.5 Å². The maximum absolute atomic E-state index is 15.0. The van der Waals surface area contributed by atoms with Gasteiger partial charge in [-0.05, 0) is 61.7 Å². The lowest BCUT2D eigenvalue weighted by molar-refractivity contribution is -0.140. The van der Waals surface area contributed by atoms with Gasteiger partial charge in [0.05, 0.1) is 10.6 Å². The second-order valence-corrected chi connectivity index (χ2v) is 11.4. The predicted octanol–water partition coefficient (Wildman–Crippen LogP) is 5.19. The Morgan fingerprint density at radius 2 is 1.57 bits per heavy atom. The third-order valence-corrected chi connectivity index (χ3v) is 8.26. The first kappa shape index (κ1) is 30.7. The third-order valence-electron chi connectivity index (χ3n) is 6.49. The molecule has 0 aromatic heterocycles. The number of amides is 2. The first-order valence-electron chi connectivity index (χ1n) is 13.2. The van der Waals surface area contributed by atoms with E-state index in [1.165, 1.54) is 59.5 Å². The number of carbonyl (C=O) groups excluding carboxylic acids is 2. The number of para-hydroxylation sites is 1. The Bertz CT molecular complexity index is 1400. The van der Waals surface area contributed by atoms with E-state index in [4.69, 9.17) is 0 Å². The fraction of sp³-hybridized carbons (Fsp3) is 0.333. The van der Waals surface area contributed by atoms with Crippen molar-refractivity contribution in [3.8, 4) is 0 Å². The summed E-state index contributed by atoms with van der Waals surface area (Å²) in [7, 11) is -4.37. The largest absolute Gasteiger partial charge is 0.354 e. The van der Waals surface area contributed by atoms with Crippen molar-refractivity contribution in [2.24, 2.45) is 0 Å². The van der Waals surface area contributed by atoms with Crippen molar-refractivity contribution in [2.75, 3.05) is 17.4 Å². The minimum absolute atomic E-state index is 0.0749. The van der Waals surface area contributed by atoms with Crippen LogP contribution in [-0.2, 0) is 26.2 Å². The molecule has 214 valence electrons. The molecule has 1 atom stereocenters. The molecule has 1 N–H and O–H groups in total. The van der Waals surface area contributed by atoms with Gasteiger partial charge in [-0.1, -0.05) is 62.2 Å². The molecule has 7 nitrogen and oxygen atoms in total. The molecule has 0 saturated heterocycles. The van der Waals surface area contributed by atoms with Crippen LogP contribution in [0.15, 0.2) is 77.7 Å². The number of rotatable bonds is 13. The van der Waals surface area contributed by atoms with Crippen LogP contribution in [-0.4, -0.2) is 44.3 Å². The molecule has 10 heteroatoms. The Balaban J connectivity index is 2.04. The van der Waals surface area contributed by atoms with Crippen molar-refractivity contribution in [3.63, 3.8) is 0 Å². The zero-order valence-electron chi connectivity index (χ0n) is 22.9. The number of aryl methyl sites for hydroxylation is 1. The fourth-order valence-corrected chi connectivity index (χ4v) is 5.64. The van der Waals surface area contributed by atoms with Gasteiger partial charge in [0, 0.05) is 13.1 Å². The standard InChI is InChI=1S/C30H35F2N3O4S/c1-4-6-19-33-30(37)27(5-2)34(20-23-13-15-24(31)16-14-23)29(36)21-35(28-10-8-7-9-26(28)32)40(38,39)25-17-11-22(3)12-18-25/h7-18,27H,4-6,19-21H2,1-3H3,(H,33,37)/t27-/m1/s1. The number of benzene rings is 3. The smallest absolute Gasteiger partial charge is 0.264 e. The number of sulfonamides is 1. The molecule has 0 bridgehead atoms. The average molecular weight is 572 g/mol. The molecule has 0 fully saturated rings. The molecule has 0 aliphatic carbocycles. The van der Waals surface area contributed by atoms with Gasteiger partial charge in [-0.25, -0.2) is 17.2 Å². The summed E-state index contributed by atoms with van der Waals surface area (Å²) in [6, 6.07) is 15.9. The van der Waals surface area contributed by atoms with Crippen LogP contribution in [0.25, 0.3) is 0 Å². The molecule has 0 heterocycles. The SMILES string of the molecule is CCCCNC(=O)[C@@H](CC)N(Cc1ccc(F)cc1)C(=O)CN(c1ccccc1F)S(=O)(=O)c1ccc(C)cc1. The van der Waals surface area contributed by atoms with E-state index < -0.39 is 40.2 Å². The molecule has 40 heavy (non-hydrogen) atoms. The highest BCUT2D eigenvalue weighted by Crippen LogP contribution is 2.27.